The lowest BCUT2D eigenvalue weighted by Gasteiger charge is -1.92. The van der Waals surface area contributed by atoms with E-state index in [1.54, 1.807) is 43.4 Å². The molecule has 0 bridgehead atoms. The Labute approximate surface area is 382 Å². The number of aryl methyl sites for hydroxylation is 16. The fourth-order valence-corrected chi connectivity index (χ4v) is 4.33. The van der Waals surface area contributed by atoms with E-state index in [2.05, 4.69) is 96.8 Å². The van der Waals surface area contributed by atoms with E-state index in [1.807, 2.05) is 152 Å². The molecular weight excluding hydrogens is 795 g/mol. The van der Waals surface area contributed by atoms with Crippen molar-refractivity contribution in [3.8, 4) is 0 Å². The summed E-state index contributed by atoms with van der Waals surface area (Å²) in [6.07, 6.45) is 21.4. The van der Waals surface area contributed by atoms with Gasteiger partial charge in [-0.3, -0.25) is 44.9 Å². The second kappa shape index (κ2) is 31.7. The predicted molar refractivity (Wildman–Crippen MR) is 259 cm³/mol. The standard InChI is InChI=1S/3C7H9N.5C6H8N2/c1-6-3-4-8-7(2)5-6;1-6-3-4-7(2)8-5-6;1-6-4-3-5-8-7(6)2;2*1-5-3-8-6(2)4-7-5;1-5-3-7-4-6(2)8-5;1-5-3-7-6(2)8-4-5;1-5-3-4-7-6(2)8-5/h3*3-5H,1-2H3;5*3-4H,1-2H3. The summed E-state index contributed by atoms with van der Waals surface area (Å²) < 4.78 is 0. The Kier molecular flexibility index (Phi) is 27.1. The molecule has 0 N–H and O–H groups in total. The highest BCUT2D eigenvalue weighted by molar-refractivity contribution is 5.15. The molecule has 13 nitrogen and oxygen atoms in total. The van der Waals surface area contributed by atoms with Gasteiger partial charge in [-0.25, -0.2) is 19.9 Å². The molecule has 0 spiro atoms. The summed E-state index contributed by atoms with van der Waals surface area (Å²) >= 11 is 0. The van der Waals surface area contributed by atoms with Gasteiger partial charge in [0.1, 0.15) is 11.6 Å². The lowest BCUT2D eigenvalue weighted by molar-refractivity contribution is 1.01. The average Bonchev–Trinajstić information content (AvgIpc) is 3.25. The van der Waals surface area contributed by atoms with Crippen molar-refractivity contribution >= 4 is 0 Å². The molecule has 8 heterocycles. The highest BCUT2D eigenvalue weighted by Gasteiger charge is 1.88. The van der Waals surface area contributed by atoms with Crippen molar-refractivity contribution in [2.24, 2.45) is 0 Å². The Hall–Kier alpha value is -7.15. The minimum absolute atomic E-state index is 0.829. The first-order chi connectivity index (χ1) is 30.3. The maximum Gasteiger partial charge on any atom is 0.125 e. The van der Waals surface area contributed by atoms with Gasteiger partial charge in [-0.05, 0) is 163 Å². The van der Waals surface area contributed by atoms with Crippen molar-refractivity contribution in [2.75, 3.05) is 0 Å². The maximum atomic E-state index is 4.11. The van der Waals surface area contributed by atoms with Crippen LogP contribution in [0.5, 0.6) is 0 Å². The number of nitrogens with zero attached hydrogens (tertiary/aromatic N) is 13. The van der Waals surface area contributed by atoms with Gasteiger partial charge in [0, 0.05) is 97.1 Å². The van der Waals surface area contributed by atoms with E-state index in [1.165, 1.54) is 16.7 Å². The summed E-state index contributed by atoms with van der Waals surface area (Å²) in [6, 6.07) is 14.0. The Morgan fingerprint density at radius 3 is 1.08 bits per heavy atom. The van der Waals surface area contributed by atoms with Crippen LogP contribution in [0.2, 0.25) is 0 Å². The van der Waals surface area contributed by atoms with E-state index < -0.39 is 0 Å². The number of rotatable bonds is 0. The van der Waals surface area contributed by atoms with Crippen molar-refractivity contribution < 1.29 is 0 Å². The first-order valence-corrected chi connectivity index (χ1v) is 20.8. The Bertz CT molecular complexity index is 2000. The summed E-state index contributed by atoms with van der Waals surface area (Å²) in [5, 5.41) is 0. The molecule has 0 aromatic carbocycles. The van der Waals surface area contributed by atoms with Gasteiger partial charge >= 0.3 is 0 Å². The van der Waals surface area contributed by atoms with Gasteiger partial charge in [0.15, 0.2) is 0 Å². The number of pyridine rings is 3. The minimum atomic E-state index is 0.829. The SMILES string of the molecule is Cc1ccc(C)nc1.Cc1cccnc1C.Cc1ccnc(C)c1.Cc1ccnc(C)n1.Cc1cnc(C)cn1.Cc1cnc(C)cn1.Cc1cnc(C)nc1.Cc1cncc(C)n1. The zero-order valence-corrected chi connectivity index (χ0v) is 40.8. The summed E-state index contributed by atoms with van der Waals surface area (Å²) in [5.41, 5.74) is 15.0. The molecule has 0 aliphatic carbocycles. The van der Waals surface area contributed by atoms with Gasteiger partial charge in [0.05, 0.1) is 34.2 Å². The van der Waals surface area contributed by atoms with Crippen LogP contribution in [-0.2, 0) is 0 Å². The third-order valence-corrected chi connectivity index (χ3v) is 7.90. The van der Waals surface area contributed by atoms with Gasteiger partial charge in [-0.1, -0.05) is 12.1 Å². The second-order valence-electron chi connectivity index (χ2n) is 14.8. The molecule has 0 amide bonds. The summed E-state index contributed by atoms with van der Waals surface area (Å²) in [7, 11) is 0. The lowest BCUT2D eigenvalue weighted by Crippen LogP contribution is -1.86. The van der Waals surface area contributed by atoms with Crippen LogP contribution in [0.1, 0.15) is 90.8 Å². The first-order valence-electron chi connectivity index (χ1n) is 20.8. The molecule has 0 atom stereocenters. The smallest absolute Gasteiger partial charge is 0.125 e. The van der Waals surface area contributed by atoms with Crippen molar-refractivity contribution in [2.45, 2.75) is 111 Å². The highest BCUT2D eigenvalue weighted by atomic mass is 14.9. The van der Waals surface area contributed by atoms with Gasteiger partial charge in [-0.15, -0.1) is 0 Å². The Balaban J connectivity index is 0.000000366. The van der Waals surface area contributed by atoms with E-state index in [4.69, 9.17) is 0 Å². The fraction of sp³-hybridized carbons (Fsp3) is 0.314. The van der Waals surface area contributed by atoms with Gasteiger partial charge < -0.3 is 0 Å². The third-order valence-electron chi connectivity index (χ3n) is 7.90. The van der Waals surface area contributed by atoms with Crippen LogP contribution in [0.3, 0.4) is 0 Å². The molecule has 336 valence electrons. The summed E-state index contributed by atoms with van der Waals surface area (Å²) in [5.74, 6) is 1.67. The van der Waals surface area contributed by atoms with E-state index in [-0.39, 0.29) is 0 Å². The maximum absolute atomic E-state index is 4.11. The molecule has 0 saturated heterocycles. The molecule has 8 aromatic rings. The third kappa shape index (κ3) is 29.2. The largest absolute Gasteiger partial charge is 0.262 e. The Morgan fingerprint density at radius 1 is 0.281 bits per heavy atom. The van der Waals surface area contributed by atoms with Gasteiger partial charge in [-0.2, -0.15) is 0 Å². The molecule has 13 heteroatoms. The molecule has 0 aliphatic rings. The van der Waals surface area contributed by atoms with Gasteiger partial charge in [0.25, 0.3) is 0 Å². The average molecular weight is 862 g/mol. The molecule has 8 rings (SSSR count). The Morgan fingerprint density at radius 2 is 0.781 bits per heavy atom. The number of aromatic nitrogens is 13. The van der Waals surface area contributed by atoms with Crippen molar-refractivity contribution in [1.82, 2.24) is 64.8 Å². The molecule has 64 heavy (non-hydrogen) atoms. The van der Waals surface area contributed by atoms with E-state index >= 15 is 0 Å². The molecule has 0 radical (unpaired) electrons. The van der Waals surface area contributed by atoms with E-state index in [0.717, 1.165) is 74.2 Å². The highest BCUT2D eigenvalue weighted by Crippen LogP contribution is 1.99. The molecule has 8 aromatic heterocycles. The molecule has 0 unspecified atom stereocenters. The van der Waals surface area contributed by atoms with Crippen LogP contribution in [0, 0.1) is 111 Å². The second-order valence-corrected chi connectivity index (χ2v) is 14.8. The van der Waals surface area contributed by atoms with Crippen molar-refractivity contribution in [1.29, 1.82) is 0 Å². The van der Waals surface area contributed by atoms with Gasteiger partial charge in [0.2, 0.25) is 0 Å². The number of hydrogen-bond acceptors (Lipinski definition) is 13. The molecule has 0 fully saturated rings. The van der Waals surface area contributed by atoms with E-state index in [0.29, 0.717) is 0 Å². The zero-order chi connectivity index (χ0) is 47.9. The first kappa shape index (κ1) is 54.9. The van der Waals surface area contributed by atoms with Crippen LogP contribution in [0.15, 0.2) is 117 Å². The fourth-order valence-electron chi connectivity index (χ4n) is 4.33. The normalized spacial score (nSPS) is 9.25. The lowest BCUT2D eigenvalue weighted by atomic mass is 10.2. The van der Waals surface area contributed by atoms with Crippen LogP contribution >= 0.6 is 0 Å². The number of hydrogen-bond donors (Lipinski definition) is 0. The topological polar surface area (TPSA) is 168 Å². The minimum Gasteiger partial charge on any atom is -0.262 e. The summed E-state index contributed by atoms with van der Waals surface area (Å²) in [6.45, 7) is 31.4. The monoisotopic (exact) mass is 862 g/mol. The molecular formula is C51H67N13. The van der Waals surface area contributed by atoms with Crippen LogP contribution in [0.4, 0.5) is 0 Å². The van der Waals surface area contributed by atoms with Crippen molar-refractivity contribution in [3.05, 3.63) is 208 Å². The molecule has 0 aliphatic heterocycles. The predicted octanol–water partition coefficient (Wildman–Crippen LogP) is 10.6. The summed E-state index contributed by atoms with van der Waals surface area (Å²) in [4.78, 5) is 52.2. The van der Waals surface area contributed by atoms with Crippen molar-refractivity contribution in [3.63, 3.8) is 0 Å². The molecule has 0 saturated carbocycles. The van der Waals surface area contributed by atoms with Crippen LogP contribution in [-0.4, -0.2) is 64.8 Å². The van der Waals surface area contributed by atoms with Crippen LogP contribution in [0.25, 0.3) is 0 Å². The van der Waals surface area contributed by atoms with E-state index in [9.17, 15) is 0 Å². The quantitative estimate of drug-likeness (QED) is 0.141. The zero-order valence-electron chi connectivity index (χ0n) is 40.8. The van der Waals surface area contributed by atoms with Crippen LogP contribution < -0.4 is 0 Å².